The predicted molar refractivity (Wildman–Crippen MR) is 55.4 cm³/mol. The number of aliphatic carboxylic acids is 1. The summed E-state index contributed by atoms with van der Waals surface area (Å²) in [5, 5.41) is 8.53. The molecule has 0 aliphatic rings. The summed E-state index contributed by atoms with van der Waals surface area (Å²) in [5.74, 6) is -3.24. The van der Waals surface area contributed by atoms with Crippen LogP contribution in [0.2, 0.25) is 0 Å². The molecule has 1 aromatic carbocycles. The number of halogens is 2. The quantitative estimate of drug-likeness (QED) is 0.680. The average molecular weight is 275 g/mol. The Hall–Kier alpha value is -1.23. The molecule has 0 aromatic heterocycles. The second kappa shape index (κ2) is 4.53. The molecule has 0 aliphatic heterocycles. The number of rotatable bonds is 3. The van der Waals surface area contributed by atoms with E-state index in [-0.39, 0.29) is 22.0 Å². The molecule has 0 unspecified atom stereocenters. The fraction of sp³-hybridized carbons (Fsp3) is 0.200. The summed E-state index contributed by atoms with van der Waals surface area (Å²) in [5.41, 5.74) is 0.0301. The number of ketones is 1. The molecular weight excluding hydrogens is 267 g/mol. The van der Waals surface area contributed by atoms with E-state index in [0.717, 1.165) is 0 Å². The van der Waals surface area contributed by atoms with Crippen molar-refractivity contribution in [1.82, 2.24) is 0 Å². The summed E-state index contributed by atoms with van der Waals surface area (Å²) in [6.45, 7) is 1.66. The van der Waals surface area contributed by atoms with Gasteiger partial charge in [0, 0.05) is 11.1 Å². The Morgan fingerprint density at radius 1 is 1.47 bits per heavy atom. The van der Waals surface area contributed by atoms with Gasteiger partial charge in [0.05, 0.1) is 4.47 Å². The third-order valence-electron chi connectivity index (χ3n) is 1.99. The Morgan fingerprint density at radius 2 is 2.07 bits per heavy atom. The van der Waals surface area contributed by atoms with Crippen molar-refractivity contribution in [3.63, 3.8) is 0 Å². The molecule has 0 spiro atoms. The maximum absolute atomic E-state index is 13.5. The van der Waals surface area contributed by atoms with Gasteiger partial charge in [-0.2, -0.15) is 0 Å². The summed E-state index contributed by atoms with van der Waals surface area (Å²) >= 11 is 2.97. The molecule has 1 N–H and O–H groups in total. The van der Waals surface area contributed by atoms with E-state index in [4.69, 9.17) is 5.11 Å². The van der Waals surface area contributed by atoms with Crippen LogP contribution in [0.25, 0.3) is 0 Å². The summed E-state index contributed by atoms with van der Waals surface area (Å²) in [4.78, 5) is 21.7. The SMILES string of the molecule is CCc1c(C(=O)C(=O)O)ccc(Br)c1F. The van der Waals surface area contributed by atoms with Gasteiger partial charge >= 0.3 is 5.97 Å². The Kier molecular flexibility index (Phi) is 3.57. The van der Waals surface area contributed by atoms with E-state index in [1.165, 1.54) is 12.1 Å². The highest BCUT2D eigenvalue weighted by Crippen LogP contribution is 2.23. The summed E-state index contributed by atoms with van der Waals surface area (Å²) in [7, 11) is 0. The maximum atomic E-state index is 13.5. The number of carbonyl (C=O) groups excluding carboxylic acids is 1. The van der Waals surface area contributed by atoms with Gasteiger partial charge in [0.1, 0.15) is 5.82 Å². The van der Waals surface area contributed by atoms with Crippen LogP contribution in [0.15, 0.2) is 16.6 Å². The molecule has 0 fully saturated rings. The van der Waals surface area contributed by atoms with Gasteiger partial charge in [0.15, 0.2) is 0 Å². The van der Waals surface area contributed by atoms with Crippen LogP contribution in [-0.2, 0) is 11.2 Å². The summed E-state index contributed by atoms with van der Waals surface area (Å²) < 4.78 is 13.7. The van der Waals surface area contributed by atoms with E-state index in [1.54, 1.807) is 6.92 Å². The van der Waals surface area contributed by atoms with Gasteiger partial charge in [-0.15, -0.1) is 0 Å². The first-order valence-corrected chi connectivity index (χ1v) is 5.02. The Bertz CT molecular complexity index is 429. The molecular formula is C10H8BrFO3. The van der Waals surface area contributed by atoms with E-state index in [9.17, 15) is 14.0 Å². The van der Waals surface area contributed by atoms with Gasteiger partial charge in [-0.1, -0.05) is 6.92 Å². The largest absolute Gasteiger partial charge is 0.475 e. The number of benzene rings is 1. The number of Topliss-reactive ketones (excluding diaryl/α,β-unsaturated/α-hetero) is 1. The van der Waals surface area contributed by atoms with Crippen LogP contribution in [0.1, 0.15) is 22.8 Å². The second-order valence-corrected chi connectivity index (χ2v) is 3.73. The second-order valence-electron chi connectivity index (χ2n) is 2.88. The number of carboxylic acid groups (broad SMARTS) is 1. The van der Waals surface area contributed by atoms with Crippen molar-refractivity contribution in [1.29, 1.82) is 0 Å². The Morgan fingerprint density at radius 3 is 2.53 bits per heavy atom. The van der Waals surface area contributed by atoms with Crippen LogP contribution in [0, 0.1) is 5.82 Å². The summed E-state index contributed by atoms with van der Waals surface area (Å²) in [6, 6.07) is 2.63. The molecule has 15 heavy (non-hydrogen) atoms. The number of hydrogen-bond acceptors (Lipinski definition) is 2. The van der Waals surface area contributed by atoms with Crippen molar-refractivity contribution in [2.24, 2.45) is 0 Å². The zero-order valence-corrected chi connectivity index (χ0v) is 9.47. The van der Waals surface area contributed by atoms with Crippen LogP contribution in [-0.4, -0.2) is 16.9 Å². The molecule has 0 bridgehead atoms. The molecule has 0 heterocycles. The first kappa shape index (κ1) is 11.8. The van der Waals surface area contributed by atoms with E-state index in [2.05, 4.69) is 15.9 Å². The van der Waals surface area contributed by atoms with Gasteiger partial charge < -0.3 is 5.11 Å². The first-order valence-electron chi connectivity index (χ1n) is 4.23. The van der Waals surface area contributed by atoms with Crippen molar-refractivity contribution >= 4 is 27.7 Å². The molecule has 0 radical (unpaired) electrons. The molecule has 3 nitrogen and oxygen atoms in total. The third-order valence-corrected chi connectivity index (χ3v) is 2.60. The monoisotopic (exact) mass is 274 g/mol. The zero-order valence-electron chi connectivity index (χ0n) is 7.88. The highest BCUT2D eigenvalue weighted by atomic mass is 79.9. The third kappa shape index (κ3) is 2.23. The molecule has 80 valence electrons. The molecule has 1 rings (SSSR count). The number of carbonyl (C=O) groups is 2. The van der Waals surface area contributed by atoms with Gasteiger partial charge in [-0.3, -0.25) is 4.79 Å². The minimum absolute atomic E-state index is 0.0919. The highest BCUT2D eigenvalue weighted by Gasteiger charge is 2.21. The van der Waals surface area contributed by atoms with Gasteiger partial charge in [-0.25, -0.2) is 9.18 Å². The standard InChI is InChI=1S/C10H8BrFO3/c1-2-5-6(9(13)10(14)15)3-4-7(11)8(5)12/h3-4H,2H2,1H3,(H,14,15). The van der Waals surface area contributed by atoms with E-state index in [0.29, 0.717) is 0 Å². The lowest BCUT2D eigenvalue weighted by molar-refractivity contribution is -0.131. The molecule has 0 amide bonds. The lowest BCUT2D eigenvalue weighted by Crippen LogP contribution is -2.15. The topological polar surface area (TPSA) is 54.4 Å². The molecule has 1 aromatic rings. The maximum Gasteiger partial charge on any atom is 0.377 e. The van der Waals surface area contributed by atoms with Crippen molar-refractivity contribution in [3.8, 4) is 0 Å². The molecule has 0 saturated heterocycles. The summed E-state index contributed by atoms with van der Waals surface area (Å²) in [6.07, 6.45) is 0.264. The van der Waals surface area contributed by atoms with Gasteiger partial charge in [0.2, 0.25) is 0 Å². The number of hydrogen-bond donors (Lipinski definition) is 1. The van der Waals surface area contributed by atoms with Crippen LogP contribution in [0.5, 0.6) is 0 Å². The fourth-order valence-electron chi connectivity index (χ4n) is 1.27. The lowest BCUT2D eigenvalue weighted by Gasteiger charge is -2.06. The van der Waals surface area contributed by atoms with Crippen molar-refractivity contribution in [2.75, 3.05) is 0 Å². The number of carboxylic acids is 1. The van der Waals surface area contributed by atoms with Crippen molar-refractivity contribution in [3.05, 3.63) is 33.5 Å². The van der Waals surface area contributed by atoms with Crippen LogP contribution in [0.3, 0.4) is 0 Å². The molecule has 0 atom stereocenters. The normalized spacial score (nSPS) is 10.1. The van der Waals surface area contributed by atoms with Crippen LogP contribution >= 0.6 is 15.9 Å². The van der Waals surface area contributed by atoms with Gasteiger partial charge in [-0.05, 0) is 34.5 Å². The van der Waals surface area contributed by atoms with E-state index >= 15 is 0 Å². The Balaban J connectivity index is 3.37. The molecule has 5 heteroatoms. The zero-order chi connectivity index (χ0) is 11.6. The minimum atomic E-state index is -1.58. The average Bonchev–Trinajstić information content (AvgIpc) is 2.20. The van der Waals surface area contributed by atoms with E-state index in [1.807, 2.05) is 0 Å². The molecule has 0 saturated carbocycles. The van der Waals surface area contributed by atoms with Gasteiger partial charge in [0.25, 0.3) is 5.78 Å². The first-order chi connectivity index (χ1) is 6.99. The Labute approximate surface area is 94.0 Å². The van der Waals surface area contributed by atoms with E-state index < -0.39 is 17.6 Å². The fourth-order valence-corrected chi connectivity index (χ4v) is 1.64. The van der Waals surface area contributed by atoms with Crippen molar-refractivity contribution < 1.29 is 19.1 Å². The molecule has 0 aliphatic carbocycles. The predicted octanol–water partition coefficient (Wildman–Crippen LogP) is 2.42. The smallest absolute Gasteiger partial charge is 0.377 e. The highest BCUT2D eigenvalue weighted by molar-refractivity contribution is 9.10. The lowest BCUT2D eigenvalue weighted by atomic mass is 10.0. The van der Waals surface area contributed by atoms with Crippen LogP contribution in [0.4, 0.5) is 4.39 Å². The van der Waals surface area contributed by atoms with Crippen molar-refractivity contribution in [2.45, 2.75) is 13.3 Å². The minimum Gasteiger partial charge on any atom is -0.475 e. The van der Waals surface area contributed by atoms with Crippen LogP contribution < -0.4 is 0 Å².